The van der Waals surface area contributed by atoms with Gasteiger partial charge >= 0.3 is 0 Å². The second-order valence-electron chi connectivity index (χ2n) is 4.85. The van der Waals surface area contributed by atoms with E-state index in [1.165, 1.54) is 12.8 Å². The third-order valence-corrected chi connectivity index (χ3v) is 3.53. The molecule has 0 spiro atoms. The summed E-state index contributed by atoms with van der Waals surface area (Å²) in [6.45, 7) is 7.16. The monoisotopic (exact) mass is 213 g/mol. The minimum atomic E-state index is 0.0382. The van der Waals surface area contributed by atoms with Crippen LogP contribution in [0.15, 0.2) is 0 Å². The van der Waals surface area contributed by atoms with Crippen molar-refractivity contribution in [2.45, 2.75) is 24.8 Å². The molecule has 0 bridgehead atoms. The Kier molecular flexibility index (Phi) is 3.97. The zero-order valence-electron chi connectivity index (χ0n) is 9.50. The van der Waals surface area contributed by atoms with Gasteiger partial charge in [0.2, 0.25) is 0 Å². The van der Waals surface area contributed by atoms with Crippen molar-refractivity contribution in [2.75, 3.05) is 45.9 Å². The van der Waals surface area contributed by atoms with Crippen molar-refractivity contribution in [3.8, 4) is 0 Å². The molecule has 0 saturated carbocycles. The maximum absolute atomic E-state index is 6.36. The molecular formula is C11H23N3O. The van der Waals surface area contributed by atoms with Crippen LogP contribution >= 0.6 is 0 Å². The van der Waals surface area contributed by atoms with E-state index in [9.17, 15) is 0 Å². The van der Waals surface area contributed by atoms with Gasteiger partial charge in [0.25, 0.3) is 0 Å². The summed E-state index contributed by atoms with van der Waals surface area (Å²) >= 11 is 0. The standard InChI is InChI=1S/C11H23N3O/c12-11(2-1-4-13-10-11)3-5-14-6-8-15-9-7-14/h13H,1-10,12H2. The molecule has 2 fully saturated rings. The van der Waals surface area contributed by atoms with Gasteiger partial charge in [0.05, 0.1) is 13.2 Å². The number of nitrogens with zero attached hydrogens (tertiary/aromatic N) is 1. The predicted octanol–water partition coefficient (Wildman–Crippen LogP) is -0.210. The van der Waals surface area contributed by atoms with E-state index in [1.54, 1.807) is 0 Å². The number of hydrogen-bond acceptors (Lipinski definition) is 4. The maximum atomic E-state index is 6.36. The van der Waals surface area contributed by atoms with E-state index in [-0.39, 0.29) is 5.54 Å². The highest BCUT2D eigenvalue weighted by Gasteiger charge is 2.27. The first kappa shape index (κ1) is 11.3. The second kappa shape index (κ2) is 5.25. The van der Waals surface area contributed by atoms with E-state index >= 15 is 0 Å². The van der Waals surface area contributed by atoms with Crippen LogP contribution < -0.4 is 11.1 Å². The first-order chi connectivity index (χ1) is 7.29. The Balaban J connectivity index is 1.70. The van der Waals surface area contributed by atoms with Gasteiger partial charge in [0.15, 0.2) is 0 Å². The number of morpholine rings is 1. The van der Waals surface area contributed by atoms with Crippen molar-refractivity contribution in [1.29, 1.82) is 0 Å². The molecule has 0 radical (unpaired) electrons. The van der Waals surface area contributed by atoms with Gasteiger partial charge in [-0.3, -0.25) is 4.90 Å². The highest BCUT2D eigenvalue weighted by atomic mass is 16.5. The summed E-state index contributed by atoms with van der Waals surface area (Å²) in [4.78, 5) is 2.46. The topological polar surface area (TPSA) is 50.5 Å². The van der Waals surface area contributed by atoms with E-state index in [4.69, 9.17) is 10.5 Å². The lowest BCUT2D eigenvalue weighted by Gasteiger charge is -2.36. The second-order valence-corrected chi connectivity index (χ2v) is 4.85. The van der Waals surface area contributed by atoms with Gasteiger partial charge < -0.3 is 15.8 Å². The number of nitrogens with two attached hydrogens (primary N) is 1. The Bertz CT molecular complexity index is 186. The van der Waals surface area contributed by atoms with Gasteiger partial charge in [-0.2, -0.15) is 0 Å². The van der Waals surface area contributed by atoms with Crippen molar-refractivity contribution < 1.29 is 4.74 Å². The number of hydrogen-bond donors (Lipinski definition) is 2. The zero-order chi connectivity index (χ0) is 10.6. The van der Waals surface area contributed by atoms with Crippen LogP contribution in [0.5, 0.6) is 0 Å². The van der Waals surface area contributed by atoms with E-state index < -0.39 is 0 Å². The summed E-state index contributed by atoms with van der Waals surface area (Å²) in [5.41, 5.74) is 6.39. The average molecular weight is 213 g/mol. The molecule has 0 aromatic rings. The van der Waals surface area contributed by atoms with Gasteiger partial charge in [0, 0.05) is 31.7 Å². The van der Waals surface area contributed by atoms with Gasteiger partial charge in [-0.25, -0.2) is 0 Å². The van der Waals surface area contributed by atoms with Crippen LogP contribution in [0.4, 0.5) is 0 Å². The average Bonchev–Trinajstić information content (AvgIpc) is 2.29. The summed E-state index contributed by atoms with van der Waals surface area (Å²) < 4.78 is 5.33. The Morgan fingerprint density at radius 1 is 1.33 bits per heavy atom. The van der Waals surface area contributed by atoms with Gasteiger partial charge in [-0.1, -0.05) is 0 Å². The Hall–Kier alpha value is -0.160. The number of nitrogens with one attached hydrogen (secondary N) is 1. The minimum absolute atomic E-state index is 0.0382. The molecule has 1 atom stereocenters. The van der Waals surface area contributed by atoms with E-state index in [2.05, 4.69) is 10.2 Å². The molecule has 0 aliphatic carbocycles. The maximum Gasteiger partial charge on any atom is 0.0594 e. The van der Waals surface area contributed by atoms with Crippen LogP contribution in [-0.2, 0) is 4.74 Å². The summed E-state index contributed by atoms with van der Waals surface area (Å²) in [6.07, 6.45) is 3.50. The van der Waals surface area contributed by atoms with E-state index in [0.717, 1.165) is 52.4 Å². The summed E-state index contributed by atoms with van der Waals surface area (Å²) in [6, 6.07) is 0. The molecule has 2 aliphatic rings. The van der Waals surface area contributed by atoms with Crippen LogP contribution in [0.2, 0.25) is 0 Å². The molecule has 2 aliphatic heterocycles. The summed E-state index contributed by atoms with van der Waals surface area (Å²) in [5, 5.41) is 3.39. The van der Waals surface area contributed by atoms with Crippen LogP contribution in [-0.4, -0.2) is 56.4 Å². The highest BCUT2D eigenvalue weighted by molar-refractivity contribution is 4.90. The smallest absolute Gasteiger partial charge is 0.0594 e. The first-order valence-corrected chi connectivity index (χ1v) is 6.08. The fourth-order valence-electron chi connectivity index (χ4n) is 2.41. The van der Waals surface area contributed by atoms with E-state index in [0.29, 0.717) is 0 Å². The molecule has 88 valence electrons. The SMILES string of the molecule is NC1(CCN2CCOCC2)CCCNC1. The van der Waals surface area contributed by atoms with Crippen LogP contribution in [0.25, 0.3) is 0 Å². The van der Waals surface area contributed by atoms with Crippen molar-refractivity contribution in [1.82, 2.24) is 10.2 Å². The Morgan fingerprint density at radius 3 is 2.80 bits per heavy atom. The molecule has 0 aromatic carbocycles. The minimum Gasteiger partial charge on any atom is -0.379 e. The summed E-state index contributed by atoms with van der Waals surface area (Å²) in [7, 11) is 0. The highest BCUT2D eigenvalue weighted by Crippen LogP contribution is 2.17. The summed E-state index contributed by atoms with van der Waals surface area (Å²) in [5.74, 6) is 0. The van der Waals surface area contributed by atoms with Crippen molar-refractivity contribution >= 4 is 0 Å². The van der Waals surface area contributed by atoms with Crippen LogP contribution in [0, 0.1) is 0 Å². The van der Waals surface area contributed by atoms with Gasteiger partial charge in [0.1, 0.15) is 0 Å². The first-order valence-electron chi connectivity index (χ1n) is 6.08. The Morgan fingerprint density at radius 2 is 2.13 bits per heavy atom. The lowest BCUT2D eigenvalue weighted by atomic mass is 9.88. The predicted molar refractivity (Wildman–Crippen MR) is 60.9 cm³/mol. The van der Waals surface area contributed by atoms with Crippen molar-refractivity contribution in [3.63, 3.8) is 0 Å². The fourth-order valence-corrected chi connectivity index (χ4v) is 2.41. The molecule has 2 heterocycles. The molecule has 15 heavy (non-hydrogen) atoms. The van der Waals surface area contributed by atoms with Gasteiger partial charge in [-0.05, 0) is 25.8 Å². The lowest BCUT2D eigenvalue weighted by Crippen LogP contribution is -2.54. The molecule has 0 aromatic heterocycles. The number of piperidine rings is 1. The van der Waals surface area contributed by atoms with Gasteiger partial charge in [-0.15, -0.1) is 0 Å². The molecule has 2 saturated heterocycles. The quantitative estimate of drug-likeness (QED) is 0.681. The van der Waals surface area contributed by atoms with Crippen molar-refractivity contribution in [3.05, 3.63) is 0 Å². The molecule has 3 N–H and O–H groups in total. The molecular weight excluding hydrogens is 190 g/mol. The van der Waals surface area contributed by atoms with E-state index in [1.807, 2.05) is 0 Å². The number of ether oxygens (including phenoxy) is 1. The lowest BCUT2D eigenvalue weighted by molar-refractivity contribution is 0.0337. The van der Waals surface area contributed by atoms with Crippen LogP contribution in [0.3, 0.4) is 0 Å². The molecule has 4 nitrogen and oxygen atoms in total. The molecule has 2 rings (SSSR count). The molecule has 1 unspecified atom stereocenters. The number of rotatable bonds is 3. The Labute approximate surface area is 92.1 Å². The molecule has 0 amide bonds. The fraction of sp³-hybridized carbons (Fsp3) is 1.00. The zero-order valence-corrected chi connectivity index (χ0v) is 9.50. The molecule has 4 heteroatoms. The van der Waals surface area contributed by atoms with Crippen LogP contribution in [0.1, 0.15) is 19.3 Å². The largest absolute Gasteiger partial charge is 0.379 e. The normalized spacial score (nSPS) is 34.2. The third-order valence-electron chi connectivity index (χ3n) is 3.53. The van der Waals surface area contributed by atoms with Crippen molar-refractivity contribution in [2.24, 2.45) is 5.73 Å². The third kappa shape index (κ3) is 3.41.